The minimum absolute atomic E-state index is 0.00986. The van der Waals surface area contributed by atoms with Crippen molar-refractivity contribution >= 4 is 0 Å². The van der Waals surface area contributed by atoms with E-state index in [2.05, 4.69) is 5.32 Å². The quantitative estimate of drug-likeness (QED) is 0.883. The third kappa shape index (κ3) is 2.95. The summed E-state index contributed by atoms with van der Waals surface area (Å²) < 4.78 is 40.6. The van der Waals surface area contributed by atoms with Crippen molar-refractivity contribution in [2.24, 2.45) is 0 Å². The Morgan fingerprint density at radius 2 is 1.57 bits per heavy atom. The predicted molar refractivity (Wildman–Crippen MR) is 75.7 cm³/mol. The molecule has 21 heavy (non-hydrogen) atoms. The van der Waals surface area contributed by atoms with E-state index in [0.29, 0.717) is 12.1 Å². The molecule has 2 unspecified atom stereocenters. The molecule has 2 aromatic carbocycles. The molecule has 0 radical (unpaired) electrons. The number of piperidine rings is 1. The highest BCUT2D eigenvalue weighted by molar-refractivity contribution is 5.31. The van der Waals surface area contributed by atoms with Gasteiger partial charge < -0.3 is 5.32 Å². The van der Waals surface area contributed by atoms with Crippen LogP contribution in [0.5, 0.6) is 0 Å². The van der Waals surface area contributed by atoms with Crippen LogP contribution in [0.3, 0.4) is 0 Å². The maximum Gasteiger partial charge on any atom is 0.126 e. The molecular formula is C17H16F3N. The first kappa shape index (κ1) is 14.1. The molecule has 3 rings (SSSR count). The summed E-state index contributed by atoms with van der Waals surface area (Å²) in [6.07, 6.45) is 0.725. The molecule has 1 saturated heterocycles. The van der Waals surface area contributed by atoms with Crippen molar-refractivity contribution in [2.45, 2.75) is 18.3 Å². The lowest BCUT2D eigenvalue weighted by atomic mass is 9.77. The normalized spacial score (nSPS) is 22.2. The lowest BCUT2D eigenvalue weighted by Crippen LogP contribution is -2.34. The average molecular weight is 291 g/mol. The van der Waals surface area contributed by atoms with Crippen LogP contribution in [0.15, 0.2) is 42.5 Å². The Balaban J connectivity index is 1.98. The Hall–Kier alpha value is -1.81. The number of hydrogen-bond donors (Lipinski definition) is 1. The van der Waals surface area contributed by atoms with Crippen LogP contribution in [0.4, 0.5) is 13.2 Å². The molecule has 1 heterocycles. The molecule has 1 nitrogen and oxygen atoms in total. The van der Waals surface area contributed by atoms with Crippen LogP contribution in [0.25, 0.3) is 0 Å². The van der Waals surface area contributed by atoms with Crippen LogP contribution in [0.2, 0.25) is 0 Å². The predicted octanol–water partition coefficient (Wildman–Crippen LogP) is 3.96. The molecular weight excluding hydrogens is 275 g/mol. The van der Waals surface area contributed by atoms with Crippen molar-refractivity contribution < 1.29 is 13.2 Å². The maximum absolute atomic E-state index is 14.1. The van der Waals surface area contributed by atoms with Crippen LogP contribution >= 0.6 is 0 Å². The van der Waals surface area contributed by atoms with Gasteiger partial charge in [-0.1, -0.05) is 12.1 Å². The second-order valence-corrected chi connectivity index (χ2v) is 5.42. The maximum atomic E-state index is 14.1. The van der Waals surface area contributed by atoms with E-state index in [4.69, 9.17) is 0 Å². The number of benzene rings is 2. The van der Waals surface area contributed by atoms with Gasteiger partial charge in [0, 0.05) is 12.5 Å². The van der Waals surface area contributed by atoms with E-state index < -0.39 is 5.82 Å². The minimum atomic E-state index is -0.428. The van der Waals surface area contributed by atoms with Gasteiger partial charge >= 0.3 is 0 Å². The van der Waals surface area contributed by atoms with E-state index in [9.17, 15) is 13.2 Å². The fraction of sp³-hybridized carbons (Fsp3) is 0.294. The summed E-state index contributed by atoms with van der Waals surface area (Å²) in [5.41, 5.74) is 1.35. The zero-order valence-corrected chi connectivity index (χ0v) is 11.5. The Morgan fingerprint density at radius 1 is 0.857 bits per heavy atom. The molecule has 1 aliphatic heterocycles. The second-order valence-electron chi connectivity index (χ2n) is 5.42. The monoisotopic (exact) mass is 291 g/mol. The lowest BCUT2D eigenvalue weighted by Gasteiger charge is -2.33. The minimum Gasteiger partial charge on any atom is -0.316 e. The first-order valence-corrected chi connectivity index (χ1v) is 7.06. The topological polar surface area (TPSA) is 12.0 Å². The van der Waals surface area contributed by atoms with Crippen molar-refractivity contribution in [3.05, 3.63) is 71.0 Å². The Bertz CT molecular complexity index is 624. The molecule has 0 aliphatic carbocycles. The molecule has 0 spiro atoms. The molecule has 1 aliphatic rings. The van der Waals surface area contributed by atoms with Gasteiger partial charge in [0.15, 0.2) is 0 Å². The number of hydrogen-bond acceptors (Lipinski definition) is 1. The van der Waals surface area contributed by atoms with Gasteiger partial charge in [-0.3, -0.25) is 0 Å². The van der Waals surface area contributed by atoms with Crippen LogP contribution in [0, 0.1) is 17.5 Å². The highest BCUT2D eigenvalue weighted by atomic mass is 19.1. The van der Waals surface area contributed by atoms with Crippen molar-refractivity contribution in [2.75, 3.05) is 13.1 Å². The van der Waals surface area contributed by atoms with Crippen molar-refractivity contribution in [3.8, 4) is 0 Å². The SMILES string of the molecule is Fc1ccc(C2CNCCC2c2cc(F)ccc2F)cc1. The molecule has 2 atom stereocenters. The highest BCUT2D eigenvalue weighted by Crippen LogP contribution is 2.38. The highest BCUT2D eigenvalue weighted by Gasteiger charge is 2.29. The standard InChI is InChI=1S/C17H16F3N/c18-12-3-1-11(2-4-12)16-10-21-8-7-14(16)15-9-13(19)5-6-17(15)20/h1-6,9,14,16,21H,7-8,10H2. The van der Waals surface area contributed by atoms with E-state index in [1.165, 1.54) is 24.3 Å². The molecule has 1 N–H and O–H groups in total. The van der Waals surface area contributed by atoms with Crippen molar-refractivity contribution in [1.29, 1.82) is 0 Å². The van der Waals surface area contributed by atoms with Crippen molar-refractivity contribution in [1.82, 2.24) is 5.32 Å². The second kappa shape index (κ2) is 5.90. The summed E-state index contributed by atoms with van der Waals surface area (Å²) in [6.45, 7) is 1.44. The summed E-state index contributed by atoms with van der Waals surface area (Å²) in [5.74, 6) is -1.20. The zero-order valence-electron chi connectivity index (χ0n) is 11.5. The third-order valence-corrected chi connectivity index (χ3v) is 4.14. The summed E-state index contributed by atoms with van der Waals surface area (Å²) in [7, 11) is 0. The largest absolute Gasteiger partial charge is 0.316 e. The molecule has 0 saturated carbocycles. The molecule has 4 heteroatoms. The van der Waals surface area contributed by atoms with Gasteiger partial charge in [-0.25, -0.2) is 13.2 Å². The van der Waals surface area contributed by atoms with E-state index in [0.717, 1.165) is 24.6 Å². The fourth-order valence-electron chi connectivity index (χ4n) is 3.09. The first-order chi connectivity index (χ1) is 10.1. The molecule has 0 bridgehead atoms. The van der Waals surface area contributed by atoms with E-state index in [-0.39, 0.29) is 23.5 Å². The Kier molecular flexibility index (Phi) is 3.97. The van der Waals surface area contributed by atoms with E-state index >= 15 is 0 Å². The Morgan fingerprint density at radius 3 is 2.33 bits per heavy atom. The average Bonchev–Trinajstić information content (AvgIpc) is 2.51. The third-order valence-electron chi connectivity index (χ3n) is 4.14. The summed E-state index contributed by atoms with van der Waals surface area (Å²) in [4.78, 5) is 0. The van der Waals surface area contributed by atoms with Gasteiger partial charge in [0.25, 0.3) is 0 Å². The van der Waals surface area contributed by atoms with Gasteiger partial charge in [0.2, 0.25) is 0 Å². The summed E-state index contributed by atoms with van der Waals surface area (Å²) >= 11 is 0. The molecule has 2 aromatic rings. The van der Waals surface area contributed by atoms with Crippen LogP contribution < -0.4 is 5.32 Å². The van der Waals surface area contributed by atoms with E-state index in [1.54, 1.807) is 12.1 Å². The number of nitrogens with one attached hydrogen (secondary N) is 1. The smallest absolute Gasteiger partial charge is 0.126 e. The molecule has 1 fully saturated rings. The zero-order chi connectivity index (χ0) is 14.8. The van der Waals surface area contributed by atoms with Gasteiger partial charge in [-0.15, -0.1) is 0 Å². The Labute approximate surface area is 121 Å². The molecule has 0 amide bonds. The number of rotatable bonds is 2. The molecule has 0 aromatic heterocycles. The fourth-order valence-corrected chi connectivity index (χ4v) is 3.09. The van der Waals surface area contributed by atoms with Crippen molar-refractivity contribution in [3.63, 3.8) is 0 Å². The summed E-state index contributed by atoms with van der Waals surface area (Å²) in [6, 6.07) is 9.84. The lowest BCUT2D eigenvalue weighted by molar-refractivity contribution is 0.391. The van der Waals surface area contributed by atoms with Gasteiger partial charge in [-0.2, -0.15) is 0 Å². The van der Waals surface area contributed by atoms with Gasteiger partial charge in [-0.05, 0) is 60.3 Å². The van der Waals surface area contributed by atoms with Gasteiger partial charge in [0.1, 0.15) is 17.5 Å². The summed E-state index contributed by atoms with van der Waals surface area (Å²) in [5, 5.41) is 3.27. The van der Waals surface area contributed by atoms with Gasteiger partial charge in [0.05, 0.1) is 0 Å². The number of halogens is 3. The van der Waals surface area contributed by atoms with Crippen LogP contribution in [-0.4, -0.2) is 13.1 Å². The molecule has 110 valence electrons. The van der Waals surface area contributed by atoms with E-state index in [1.807, 2.05) is 0 Å². The van der Waals surface area contributed by atoms with Crippen LogP contribution in [0.1, 0.15) is 29.4 Å². The first-order valence-electron chi connectivity index (χ1n) is 7.06. The van der Waals surface area contributed by atoms with Crippen LogP contribution in [-0.2, 0) is 0 Å².